The molecule has 1 aliphatic rings. The van der Waals surface area contributed by atoms with Gasteiger partial charge in [0, 0.05) is 18.6 Å². The van der Waals surface area contributed by atoms with Crippen molar-refractivity contribution in [3.05, 3.63) is 0 Å². The molecule has 1 fully saturated rings. The summed E-state index contributed by atoms with van der Waals surface area (Å²) in [6, 6.07) is -0.167. The Morgan fingerprint density at radius 3 is 2.73 bits per heavy atom. The van der Waals surface area contributed by atoms with E-state index in [9.17, 15) is 9.59 Å². The van der Waals surface area contributed by atoms with Gasteiger partial charge in [-0.05, 0) is 27.2 Å². The van der Waals surface area contributed by atoms with E-state index in [2.05, 4.69) is 10.6 Å². The molecule has 86 valence electrons. The van der Waals surface area contributed by atoms with Gasteiger partial charge in [-0.3, -0.25) is 4.79 Å². The van der Waals surface area contributed by atoms with Crippen molar-refractivity contribution in [3.63, 3.8) is 0 Å². The van der Waals surface area contributed by atoms with E-state index in [1.165, 1.54) is 0 Å². The first kappa shape index (κ1) is 11.8. The largest absolute Gasteiger partial charge is 0.354 e. The topological polar surface area (TPSA) is 61.4 Å². The number of hydrogen-bond donors (Lipinski definition) is 2. The second-order valence-corrected chi connectivity index (χ2v) is 4.81. The van der Waals surface area contributed by atoms with E-state index in [-0.39, 0.29) is 24.0 Å². The predicted molar refractivity (Wildman–Crippen MR) is 57.5 cm³/mol. The lowest BCUT2D eigenvalue weighted by molar-refractivity contribution is -0.121. The average Bonchev–Trinajstić information content (AvgIpc) is 2.26. The van der Waals surface area contributed by atoms with Crippen LogP contribution in [-0.2, 0) is 4.79 Å². The molecule has 1 heterocycles. The van der Waals surface area contributed by atoms with Gasteiger partial charge in [-0.15, -0.1) is 0 Å². The van der Waals surface area contributed by atoms with Crippen molar-refractivity contribution in [2.45, 2.75) is 32.7 Å². The van der Waals surface area contributed by atoms with Crippen LogP contribution in [0.3, 0.4) is 0 Å². The number of nitrogens with zero attached hydrogens (tertiary/aromatic N) is 1. The number of urea groups is 1. The summed E-state index contributed by atoms with van der Waals surface area (Å²) in [6.45, 7) is 7.19. The normalized spacial score (nSPS) is 18.1. The summed E-state index contributed by atoms with van der Waals surface area (Å²) >= 11 is 0. The highest BCUT2D eigenvalue weighted by molar-refractivity contribution is 5.84. The molecule has 0 aromatic rings. The van der Waals surface area contributed by atoms with Crippen LogP contribution in [0.1, 0.15) is 27.2 Å². The second-order valence-electron chi connectivity index (χ2n) is 4.81. The van der Waals surface area contributed by atoms with Gasteiger partial charge in [-0.25, -0.2) is 4.79 Å². The lowest BCUT2D eigenvalue weighted by Crippen LogP contribution is -2.50. The highest BCUT2D eigenvalue weighted by Gasteiger charge is 2.22. The lowest BCUT2D eigenvalue weighted by atomic mass is 10.1. The van der Waals surface area contributed by atoms with Gasteiger partial charge in [-0.2, -0.15) is 0 Å². The van der Waals surface area contributed by atoms with E-state index < -0.39 is 0 Å². The first-order valence-electron chi connectivity index (χ1n) is 5.22. The Bertz CT molecular complexity index is 258. The summed E-state index contributed by atoms with van der Waals surface area (Å²) in [6.07, 6.45) is 0.809. The first-order chi connectivity index (χ1) is 6.88. The van der Waals surface area contributed by atoms with Crippen molar-refractivity contribution in [2.24, 2.45) is 0 Å². The van der Waals surface area contributed by atoms with Gasteiger partial charge in [-0.1, -0.05) is 0 Å². The Labute approximate surface area is 90.2 Å². The molecule has 0 bridgehead atoms. The molecule has 0 saturated carbocycles. The molecule has 0 atom stereocenters. The molecule has 5 heteroatoms. The monoisotopic (exact) mass is 213 g/mol. The van der Waals surface area contributed by atoms with Gasteiger partial charge < -0.3 is 15.5 Å². The maximum Gasteiger partial charge on any atom is 0.318 e. The van der Waals surface area contributed by atoms with Crippen molar-refractivity contribution in [1.29, 1.82) is 0 Å². The zero-order valence-corrected chi connectivity index (χ0v) is 9.59. The van der Waals surface area contributed by atoms with Crippen LogP contribution in [0.25, 0.3) is 0 Å². The molecule has 1 aliphatic heterocycles. The third-order valence-electron chi connectivity index (χ3n) is 2.03. The standard InChI is InChI=1S/C10H19N3O2/c1-10(2,3)12-9(15)13-6-4-5-11-8(14)7-13/h4-7H2,1-3H3,(H,11,14)(H,12,15). The minimum Gasteiger partial charge on any atom is -0.354 e. The molecule has 0 aromatic carbocycles. The van der Waals surface area contributed by atoms with Crippen LogP contribution in [0.5, 0.6) is 0 Å². The summed E-state index contributed by atoms with van der Waals surface area (Å²) in [5, 5.41) is 5.58. The minimum absolute atomic E-state index is 0.0865. The van der Waals surface area contributed by atoms with Crippen molar-refractivity contribution in [1.82, 2.24) is 15.5 Å². The zero-order chi connectivity index (χ0) is 11.5. The van der Waals surface area contributed by atoms with Gasteiger partial charge in [0.15, 0.2) is 0 Å². The van der Waals surface area contributed by atoms with Gasteiger partial charge >= 0.3 is 6.03 Å². The van der Waals surface area contributed by atoms with Gasteiger partial charge in [0.25, 0.3) is 0 Å². The van der Waals surface area contributed by atoms with Crippen LogP contribution in [0.4, 0.5) is 4.79 Å². The van der Waals surface area contributed by atoms with Gasteiger partial charge in [0.05, 0.1) is 0 Å². The van der Waals surface area contributed by atoms with Crippen LogP contribution in [0.15, 0.2) is 0 Å². The SMILES string of the molecule is CC(C)(C)NC(=O)N1CCCNC(=O)C1. The molecule has 2 N–H and O–H groups in total. The van der Waals surface area contributed by atoms with Crippen molar-refractivity contribution >= 4 is 11.9 Å². The molecule has 0 aliphatic carbocycles. The first-order valence-corrected chi connectivity index (χ1v) is 5.22. The quantitative estimate of drug-likeness (QED) is 0.608. The molecule has 0 aromatic heterocycles. The summed E-state index contributed by atoms with van der Waals surface area (Å²) in [5.41, 5.74) is -0.264. The molecule has 15 heavy (non-hydrogen) atoms. The van der Waals surface area contributed by atoms with E-state index >= 15 is 0 Å². The lowest BCUT2D eigenvalue weighted by Gasteiger charge is -2.26. The molecular weight excluding hydrogens is 194 g/mol. The Morgan fingerprint density at radius 1 is 1.47 bits per heavy atom. The summed E-state index contributed by atoms with van der Waals surface area (Å²) in [4.78, 5) is 24.5. The third kappa shape index (κ3) is 4.18. The molecule has 1 saturated heterocycles. The second kappa shape index (κ2) is 4.51. The van der Waals surface area contributed by atoms with E-state index in [1.807, 2.05) is 20.8 Å². The molecule has 0 radical (unpaired) electrons. The molecule has 5 nitrogen and oxygen atoms in total. The number of rotatable bonds is 0. The zero-order valence-electron chi connectivity index (χ0n) is 9.59. The number of carbonyl (C=O) groups is 2. The van der Waals surface area contributed by atoms with E-state index in [4.69, 9.17) is 0 Å². The summed E-state index contributed by atoms with van der Waals surface area (Å²) < 4.78 is 0. The van der Waals surface area contributed by atoms with Crippen molar-refractivity contribution in [2.75, 3.05) is 19.6 Å². The van der Waals surface area contributed by atoms with Crippen molar-refractivity contribution in [3.8, 4) is 0 Å². The average molecular weight is 213 g/mol. The smallest absolute Gasteiger partial charge is 0.318 e. The van der Waals surface area contributed by atoms with E-state index in [0.29, 0.717) is 13.1 Å². The van der Waals surface area contributed by atoms with Crippen LogP contribution < -0.4 is 10.6 Å². The van der Waals surface area contributed by atoms with Gasteiger partial charge in [0.2, 0.25) is 5.91 Å². The summed E-state index contributed by atoms with van der Waals surface area (Å²) in [7, 11) is 0. The maximum absolute atomic E-state index is 11.7. The fourth-order valence-electron chi connectivity index (χ4n) is 1.38. The fourth-order valence-corrected chi connectivity index (χ4v) is 1.38. The molecular formula is C10H19N3O2. The fraction of sp³-hybridized carbons (Fsp3) is 0.800. The Hall–Kier alpha value is -1.26. The summed E-state index contributed by atoms with van der Waals surface area (Å²) in [5.74, 6) is -0.0865. The highest BCUT2D eigenvalue weighted by Crippen LogP contribution is 2.03. The highest BCUT2D eigenvalue weighted by atomic mass is 16.2. The Kier molecular flexibility index (Phi) is 3.55. The van der Waals surface area contributed by atoms with Crippen molar-refractivity contribution < 1.29 is 9.59 Å². The maximum atomic E-state index is 11.7. The predicted octanol–water partition coefficient (Wildman–Crippen LogP) is 0.316. The van der Waals surface area contributed by atoms with Crippen LogP contribution >= 0.6 is 0 Å². The Morgan fingerprint density at radius 2 is 2.13 bits per heavy atom. The third-order valence-corrected chi connectivity index (χ3v) is 2.03. The molecule has 0 unspecified atom stereocenters. The number of carbonyl (C=O) groups excluding carboxylic acids is 2. The number of amides is 3. The molecule has 3 amide bonds. The molecule has 1 rings (SSSR count). The number of hydrogen-bond acceptors (Lipinski definition) is 2. The van der Waals surface area contributed by atoms with Crippen LogP contribution in [-0.4, -0.2) is 42.0 Å². The van der Waals surface area contributed by atoms with E-state index in [0.717, 1.165) is 6.42 Å². The van der Waals surface area contributed by atoms with E-state index in [1.54, 1.807) is 4.90 Å². The van der Waals surface area contributed by atoms with Crippen LogP contribution in [0.2, 0.25) is 0 Å². The number of nitrogens with one attached hydrogen (secondary N) is 2. The minimum atomic E-state index is -0.264. The Balaban J connectivity index is 2.54. The van der Waals surface area contributed by atoms with Crippen LogP contribution in [0, 0.1) is 0 Å². The van der Waals surface area contributed by atoms with Gasteiger partial charge in [0.1, 0.15) is 6.54 Å². The molecule has 0 spiro atoms.